The zero-order valence-corrected chi connectivity index (χ0v) is 12.5. The van der Waals surface area contributed by atoms with Crippen molar-refractivity contribution in [2.75, 3.05) is 5.73 Å². The van der Waals surface area contributed by atoms with Crippen LogP contribution in [0, 0.1) is 0 Å². The van der Waals surface area contributed by atoms with Crippen LogP contribution in [0.1, 0.15) is 10.4 Å². The summed E-state index contributed by atoms with van der Waals surface area (Å²) < 4.78 is 36.5. The van der Waals surface area contributed by atoms with Gasteiger partial charge in [0, 0.05) is 0 Å². The minimum atomic E-state index is -4.53. The molecule has 0 aliphatic rings. The molecule has 0 heterocycles. The molecule has 0 radical (unpaired) electrons. The van der Waals surface area contributed by atoms with Gasteiger partial charge in [0.2, 0.25) is 8.32 Å². The van der Waals surface area contributed by atoms with Gasteiger partial charge in [-0.2, -0.15) is 8.42 Å². The second-order valence-electron chi connectivity index (χ2n) is 4.88. The van der Waals surface area contributed by atoms with E-state index in [0.29, 0.717) is 0 Å². The summed E-state index contributed by atoms with van der Waals surface area (Å²) in [4.78, 5) is 10.6. The van der Waals surface area contributed by atoms with Crippen LogP contribution >= 0.6 is 0 Å². The number of carboxylic acid groups (broad SMARTS) is 1. The molecule has 0 aliphatic carbocycles. The fourth-order valence-corrected chi connectivity index (χ4v) is 2.73. The molecule has 0 amide bonds. The van der Waals surface area contributed by atoms with Gasteiger partial charge < -0.3 is 15.3 Å². The van der Waals surface area contributed by atoms with Crippen molar-refractivity contribution in [3.05, 3.63) is 17.7 Å². The Morgan fingerprint density at radius 2 is 1.84 bits per heavy atom. The van der Waals surface area contributed by atoms with Crippen LogP contribution in [0.4, 0.5) is 5.69 Å². The molecule has 1 aromatic rings. The fourth-order valence-electron chi connectivity index (χ4n) is 1.35. The molecule has 0 spiro atoms. The van der Waals surface area contributed by atoms with Gasteiger partial charge in [-0.15, -0.1) is 0 Å². The predicted molar refractivity (Wildman–Crippen MR) is 71.6 cm³/mol. The lowest BCUT2D eigenvalue weighted by Gasteiger charge is -2.22. The Balaban J connectivity index is 3.53. The third kappa shape index (κ3) is 3.94. The molecule has 9 heteroatoms. The van der Waals surface area contributed by atoms with E-state index in [4.69, 9.17) is 19.8 Å². The Morgan fingerprint density at radius 1 is 1.32 bits per heavy atom. The van der Waals surface area contributed by atoms with E-state index in [1.165, 1.54) is 0 Å². The summed E-state index contributed by atoms with van der Waals surface area (Å²) in [5.41, 5.74) is 5.09. The molecule has 0 saturated heterocycles. The van der Waals surface area contributed by atoms with Crippen molar-refractivity contribution >= 4 is 30.1 Å². The summed E-state index contributed by atoms with van der Waals surface area (Å²) in [6.07, 6.45) is 0. The van der Waals surface area contributed by atoms with Crippen molar-refractivity contribution in [1.29, 1.82) is 0 Å². The third-order valence-electron chi connectivity index (χ3n) is 2.03. The van der Waals surface area contributed by atoms with E-state index in [2.05, 4.69) is 0 Å². The van der Waals surface area contributed by atoms with E-state index in [9.17, 15) is 13.2 Å². The first-order valence-electron chi connectivity index (χ1n) is 5.25. The van der Waals surface area contributed by atoms with E-state index < -0.39 is 34.9 Å². The lowest BCUT2D eigenvalue weighted by atomic mass is 10.2. The summed E-state index contributed by atoms with van der Waals surface area (Å²) in [5.74, 6) is -1.45. The standard InChI is InChI=1S/C10H15NO6SSi/c1-19(2,3)17-9-7(10(12)13)4-6(5-8(9)11)18(14,15)16/h4-5H,11H2,1-3H3,(H,12,13)(H,14,15,16). The maximum absolute atomic E-state index is 11.1. The summed E-state index contributed by atoms with van der Waals surface area (Å²) in [7, 11) is -6.65. The van der Waals surface area contributed by atoms with Crippen LogP contribution in [0.25, 0.3) is 0 Å². The molecule has 0 aromatic heterocycles. The second kappa shape index (κ2) is 4.83. The number of nitrogen functional groups attached to an aromatic ring is 1. The normalized spacial score (nSPS) is 12.2. The third-order valence-corrected chi connectivity index (χ3v) is 3.68. The van der Waals surface area contributed by atoms with Crippen LogP contribution in [-0.4, -0.2) is 32.4 Å². The van der Waals surface area contributed by atoms with E-state index >= 15 is 0 Å². The first-order valence-corrected chi connectivity index (χ1v) is 10.1. The van der Waals surface area contributed by atoms with Gasteiger partial charge in [0.25, 0.3) is 10.1 Å². The number of carbonyl (C=O) groups is 1. The molecule has 1 rings (SSSR count). The van der Waals surface area contributed by atoms with Gasteiger partial charge >= 0.3 is 5.97 Å². The van der Waals surface area contributed by atoms with E-state index in [1.54, 1.807) is 0 Å². The quantitative estimate of drug-likeness (QED) is 0.436. The van der Waals surface area contributed by atoms with Gasteiger partial charge in [0.1, 0.15) is 11.3 Å². The van der Waals surface area contributed by atoms with Crippen molar-refractivity contribution in [1.82, 2.24) is 0 Å². The minimum Gasteiger partial charge on any atom is -0.542 e. The Morgan fingerprint density at radius 3 is 2.21 bits per heavy atom. The average Bonchev–Trinajstić information content (AvgIpc) is 2.16. The Labute approximate surface area is 111 Å². The highest BCUT2D eigenvalue weighted by atomic mass is 32.2. The molecule has 0 atom stereocenters. The first-order chi connectivity index (χ1) is 8.42. The molecule has 0 bridgehead atoms. The summed E-state index contributed by atoms with van der Waals surface area (Å²) in [5, 5.41) is 9.08. The molecule has 0 unspecified atom stereocenters. The van der Waals surface area contributed by atoms with Crippen LogP contribution in [-0.2, 0) is 10.1 Å². The zero-order chi connectivity index (χ0) is 15.0. The molecule has 0 aliphatic heterocycles. The van der Waals surface area contributed by atoms with Crippen LogP contribution in [0.5, 0.6) is 5.75 Å². The summed E-state index contributed by atoms with van der Waals surface area (Å²) in [6.45, 7) is 5.48. The van der Waals surface area contributed by atoms with E-state index in [-0.39, 0.29) is 11.4 Å². The highest BCUT2D eigenvalue weighted by molar-refractivity contribution is 7.85. The number of carboxylic acids is 1. The molecule has 1 aromatic carbocycles. The topological polar surface area (TPSA) is 127 Å². The lowest BCUT2D eigenvalue weighted by Crippen LogP contribution is -2.30. The number of nitrogens with two attached hydrogens (primary N) is 1. The van der Waals surface area contributed by atoms with Crippen molar-refractivity contribution in [3.8, 4) is 5.75 Å². The number of anilines is 1. The van der Waals surface area contributed by atoms with Gasteiger partial charge in [0.15, 0.2) is 0 Å². The van der Waals surface area contributed by atoms with Crippen LogP contribution in [0.3, 0.4) is 0 Å². The number of rotatable bonds is 4. The van der Waals surface area contributed by atoms with E-state index in [0.717, 1.165) is 12.1 Å². The van der Waals surface area contributed by atoms with Gasteiger partial charge in [0.05, 0.1) is 10.6 Å². The largest absolute Gasteiger partial charge is 0.542 e. The minimum absolute atomic E-state index is 0.0703. The van der Waals surface area contributed by atoms with Crippen LogP contribution < -0.4 is 10.2 Å². The lowest BCUT2D eigenvalue weighted by molar-refractivity contribution is 0.0694. The van der Waals surface area contributed by atoms with Gasteiger partial charge in [-0.1, -0.05) is 0 Å². The van der Waals surface area contributed by atoms with Gasteiger partial charge in [-0.05, 0) is 31.8 Å². The van der Waals surface area contributed by atoms with Crippen molar-refractivity contribution < 1.29 is 27.3 Å². The number of aromatic carboxylic acids is 1. The summed E-state index contributed by atoms with van der Waals surface area (Å²) >= 11 is 0. The van der Waals surface area contributed by atoms with Crippen LogP contribution in [0.15, 0.2) is 17.0 Å². The molecule has 0 fully saturated rings. The number of hydrogen-bond donors (Lipinski definition) is 3. The highest BCUT2D eigenvalue weighted by Crippen LogP contribution is 2.32. The second-order valence-corrected chi connectivity index (χ2v) is 10.7. The first kappa shape index (κ1) is 15.5. The Kier molecular flexibility index (Phi) is 3.94. The monoisotopic (exact) mass is 305 g/mol. The fraction of sp³-hybridized carbons (Fsp3) is 0.300. The molecule has 7 nitrogen and oxygen atoms in total. The Bertz CT molecular complexity index is 620. The molecule has 106 valence electrons. The van der Waals surface area contributed by atoms with E-state index in [1.807, 2.05) is 19.6 Å². The smallest absolute Gasteiger partial charge is 0.339 e. The SMILES string of the molecule is C[Si](C)(C)Oc1c(N)cc(S(=O)(=O)O)cc1C(=O)O. The van der Waals surface area contributed by atoms with Gasteiger partial charge in [-0.3, -0.25) is 4.55 Å². The molecular formula is C10H15NO6SSi. The molecule has 19 heavy (non-hydrogen) atoms. The maximum Gasteiger partial charge on any atom is 0.339 e. The van der Waals surface area contributed by atoms with Crippen molar-refractivity contribution in [2.45, 2.75) is 24.5 Å². The zero-order valence-electron chi connectivity index (χ0n) is 10.7. The van der Waals surface area contributed by atoms with Gasteiger partial charge in [-0.25, -0.2) is 4.79 Å². The van der Waals surface area contributed by atoms with Crippen molar-refractivity contribution in [3.63, 3.8) is 0 Å². The maximum atomic E-state index is 11.1. The average molecular weight is 305 g/mol. The molecule has 4 N–H and O–H groups in total. The predicted octanol–water partition coefficient (Wildman–Crippen LogP) is 1.43. The van der Waals surface area contributed by atoms with Crippen molar-refractivity contribution in [2.24, 2.45) is 0 Å². The molecular weight excluding hydrogens is 290 g/mol. The molecule has 0 saturated carbocycles. The number of benzene rings is 1. The number of hydrogen-bond acceptors (Lipinski definition) is 5. The Hall–Kier alpha value is -1.58. The summed E-state index contributed by atoms with van der Waals surface area (Å²) in [6, 6.07) is 1.79. The van der Waals surface area contributed by atoms with Crippen LogP contribution in [0.2, 0.25) is 19.6 Å². The highest BCUT2D eigenvalue weighted by Gasteiger charge is 2.25.